The van der Waals surface area contributed by atoms with Crippen molar-refractivity contribution >= 4 is 34.9 Å². The quantitative estimate of drug-likeness (QED) is 0.436. The van der Waals surface area contributed by atoms with Crippen LogP contribution in [0.25, 0.3) is 10.9 Å². The van der Waals surface area contributed by atoms with Gasteiger partial charge in [-0.3, -0.25) is 0 Å². The van der Waals surface area contributed by atoms with E-state index >= 15 is 0 Å². The molecule has 0 spiro atoms. The van der Waals surface area contributed by atoms with Crippen LogP contribution in [-0.4, -0.2) is 31.0 Å². The normalized spacial score (nSPS) is 12.9. The van der Waals surface area contributed by atoms with Crippen LogP contribution in [0.15, 0.2) is 28.7 Å². The Kier molecular flexibility index (Phi) is 6.70. The second kappa shape index (κ2) is 8.35. The number of aromatic nitrogens is 1. The molecule has 1 aromatic heterocycles. The van der Waals surface area contributed by atoms with Gasteiger partial charge in [0.25, 0.3) is 0 Å². The number of fused-ring (bicyclic) bond motifs is 1. The average Bonchev–Trinajstić information content (AvgIpc) is 2.83. The van der Waals surface area contributed by atoms with Crippen LogP contribution in [0, 0.1) is 17.4 Å². The fourth-order valence-corrected chi connectivity index (χ4v) is 3.45. The lowest BCUT2D eigenvalue weighted by Gasteiger charge is -2.14. The Bertz CT molecular complexity index is 752. The van der Waals surface area contributed by atoms with E-state index in [9.17, 15) is 5.11 Å². The van der Waals surface area contributed by atoms with Crippen LogP contribution in [0.5, 0.6) is 0 Å². The highest BCUT2D eigenvalue weighted by atomic mass is 79.9. The summed E-state index contributed by atoms with van der Waals surface area (Å²) in [4.78, 5) is 0. The highest BCUT2D eigenvalue weighted by Crippen LogP contribution is 2.25. The molecule has 0 saturated carbocycles. The van der Waals surface area contributed by atoms with Crippen molar-refractivity contribution in [2.75, 3.05) is 13.2 Å². The van der Waals surface area contributed by atoms with Gasteiger partial charge in [0.2, 0.25) is 0 Å². The first-order valence-electron chi connectivity index (χ1n) is 8.26. The van der Waals surface area contributed by atoms with E-state index in [-0.39, 0.29) is 12.5 Å². The number of halogens is 1. The van der Waals surface area contributed by atoms with Gasteiger partial charge in [-0.25, -0.2) is 0 Å². The summed E-state index contributed by atoms with van der Waals surface area (Å²) in [6.45, 7) is 10.7. The molecule has 0 radical (unpaired) electrons. The molecule has 1 N–H and O–H groups in total. The number of hydrogen-bond donors (Lipinski definition) is 1. The number of aliphatic hydroxyl groups is 1. The molecule has 0 aliphatic rings. The fraction of sp³-hybridized carbons (Fsp3) is 0.474. The third-order valence-electron chi connectivity index (χ3n) is 3.65. The molecule has 0 fully saturated rings. The van der Waals surface area contributed by atoms with Crippen LogP contribution in [-0.2, 0) is 17.9 Å². The van der Waals surface area contributed by atoms with Gasteiger partial charge in [-0.15, -0.1) is 5.54 Å². The molecule has 3 nitrogen and oxygen atoms in total. The molecule has 0 aliphatic heterocycles. The lowest BCUT2D eigenvalue weighted by Crippen LogP contribution is -2.16. The van der Waals surface area contributed by atoms with Gasteiger partial charge in [-0.2, -0.15) is 0 Å². The van der Waals surface area contributed by atoms with Crippen molar-refractivity contribution < 1.29 is 9.84 Å². The van der Waals surface area contributed by atoms with Crippen LogP contribution < -0.4 is 0 Å². The monoisotopic (exact) mass is 407 g/mol. The van der Waals surface area contributed by atoms with Crippen LogP contribution in [0.3, 0.4) is 0 Å². The minimum atomic E-state index is -1.34. The maximum atomic E-state index is 9.41. The molecule has 1 heterocycles. The molecule has 2 rings (SSSR count). The summed E-state index contributed by atoms with van der Waals surface area (Å²) in [6, 6.07) is 8.44. The Labute approximate surface area is 154 Å². The molecule has 0 unspecified atom stereocenters. The van der Waals surface area contributed by atoms with Gasteiger partial charge >= 0.3 is 0 Å². The molecule has 5 heteroatoms. The summed E-state index contributed by atoms with van der Waals surface area (Å²) in [5.74, 6) is 3.34. The molecular weight excluding hydrogens is 382 g/mol. The molecule has 1 atom stereocenters. The number of benzene rings is 1. The zero-order valence-corrected chi connectivity index (χ0v) is 17.5. The first kappa shape index (κ1) is 19.3. The van der Waals surface area contributed by atoms with E-state index in [0.29, 0.717) is 13.2 Å². The Morgan fingerprint density at radius 2 is 2.04 bits per heavy atom. The highest BCUT2D eigenvalue weighted by Gasteiger charge is 2.12. The Balaban J connectivity index is 2.18. The van der Waals surface area contributed by atoms with Crippen molar-refractivity contribution in [3.8, 4) is 11.5 Å². The minimum absolute atomic E-state index is 0.176. The molecule has 1 aromatic carbocycles. The van der Waals surface area contributed by atoms with E-state index < -0.39 is 8.07 Å². The van der Waals surface area contributed by atoms with Crippen molar-refractivity contribution in [3.63, 3.8) is 0 Å². The Morgan fingerprint density at radius 1 is 1.29 bits per heavy atom. The van der Waals surface area contributed by atoms with Crippen molar-refractivity contribution in [1.29, 1.82) is 0 Å². The maximum Gasteiger partial charge on any atom is 0.129 e. The van der Waals surface area contributed by atoms with Crippen molar-refractivity contribution in [3.05, 3.63) is 34.4 Å². The van der Waals surface area contributed by atoms with E-state index in [1.54, 1.807) is 0 Å². The molecular formula is C19H26BrNO2Si. The Hall–Kier alpha value is -1.06. The van der Waals surface area contributed by atoms with E-state index in [1.807, 2.05) is 13.0 Å². The number of aliphatic hydroxyl groups excluding tert-OH is 1. The van der Waals surface area contributed by atoms with Gasteiger partial charge in [-0.05, 0) is 24.1 Å². The van der Waals surface area contributed by atoms with Crippen molar-refractivity contribution in [2.45, 2.75) is 39.7 Å². The van der Waals surface area contributed by atoms with Gasteiger partial charge in [0.1, 0.15) is 14.7 Å². The summed E-state index contributed by atoms with van der Waals surface area (Å²) in [7, 11) is -1.34. The smallest absolute Gasteiger partial charge is 0.129 e. The number of ether oxygens (including phenoxy) is 1. The zero-order chi connectivity index (χ0) is 17.7. The van der Waals surface area contributed by atoms with Crippen LogP contribution in [0.1, 0.15) is 12.6 Å². The molecule has 130 valence electrons. The number of hydrogen-bond acceptors (Lipinski definition) is 2. The summed E-state index contributed by atoms with van der Waals surface area (Å²) >= 11 is 3.54. The van der Waals surface area contributed by atoms with Gasteiger partial charge in [0, 0.05) is 34.2 Å². The van der Waals surface area contributed by atoms with E-state index in [1.165, 1.54) is 5.39 Å². The third kappa shape index (κ3) is 5.49. The lowest BCUT2D eigenvalue weighted by molar-refractivity contribution is 0.145. The predicted octanol–water partition coefficient (Wildman–Crippen LogP) is 4.43. The third-order valence-corrected chi connectivity index (χ3v) is 5.07. The molecule has 0 saturated heterocycles. The average molecular weight is 408 g/mol. The van der Waals surface area contributed by atoms with E-state index in [0.717, 1.165) is 22.2 Å². The van der Waals surface area contributed by atoms with Crippen LogP contribution in [0.2, 0.25) is 19.6 Å². The van der Waals surface area contributed by atoms with E-state index in [2.05, 4.69) is 69.8 Å². The van der Waals surface area contributed by atoms with Crippen LogP contribution >= 0.6 is 15.9 Å². The molecule has 2 aromatic rings. The largest absolute Gasteiger partial charge is 0.396 e. The minimum Gasteiger partial charge on any atom is -0.396 e. The van der Waals surface area contributed by atoms with Gasteiger partial charge in [0.15, 0.2) is 0 Å². The molecule has 0 amide bonds. The lowest BCUT2D eigenvalue weighted by atomic mass is 10.2. The first-order valence-corrected chi connectivity index (χ1v) is 12.6. The topological polar surface area (TPSA) is 34.4 Å². The summed E-state index contributed by atoms with van der Waals surface area (Å²) < 4.78 is 9.08. The van der Waals surface area contributed by atoms with Crippen molar-refractivity contribution in [2.24, 2.45) is 5.92 Å². The van der Waals surface area contributed by atoms with Gasteiger partial charge in [-0.1, -0.05) is 54.5 Å². The maximum absolute atomic E-state index is 9.41. The summed E-state index contributed by atoms with van der Waals surface area (Å²) in [6.07, 6.45) is 0. The highest BCUT2D eigenvalue weighted by molar-refractivity contribution is 9.10. The van der Waals surface area contributed by atoms with Gasteiger partial charge in [0.05, 0.1) is 6.61 Å². The predicted molar refractivity (Wildman–Crippen MR) is 107 cm³/mol. The second-order valence-electron chi connectivity index (χ2n) is 7.28. The molecule has 0 bridgehead atoms. The summed E-state index contributed by atoms with van der Waals surface area (Å²) in [5.41, 5.74) is 5.60. The van der Waals surface area contributed by atoms with Crippen molar-refractivity contribution in [1.82, 2.24) is 4.57 Å². The first-order chi connectivity index (χ1) is 11.3. The van der Waals surface area contributed by atoms with Crippen LogP contribution in [0.4, 0.5) is 0 Å². The fourth-order valence-electron chi connectivity index (χ4n) is 2.50. The number of rotatable bonds is 6. The van der Waals surface area contributed by atoms with Gasteiger partial charge < -0.3 is 14.4 Å². The zero-order valence-electron chi connectivity index (χ0n) is 14.9. The molecule has 24 heavy (non-hydrogen) atoms. The second-order valence-corrected chi connectivity index (χ2v) is 12.9. The summed E-state index contributed by atoms with van der Waals surface area (Å²) in [5, 5.41) is 10.6. The Morgan fingerprint density at radius 3 is 2.71 bits per heavy atom. The number of nitrogens with zero attached hydrogens (tertiary/aromatic N) is 1. The molecule has 0 aliphatic carbocycles. The standard InChI is InChI=1S/C19H26BrNO2Si/c1-15(13-22)12-21-18(14-23-8-5-9-24(2,3)4)10-16-6-7-17(20)11-19(16)21/h6-7,10-11,15,22H,8,12-14H2,1-4H3/t15-/m1/s1. The van der Waals surface area contributed by atoms with E-state index in [4.69, 9.17) is 4.74 Å². The SMILES string of the molecule is C[C@@H](CO)Cn1c(COCC#C[Si](C)(C)C)cc2ccc(Br)cc21.